The third-order valence-electron chi connectivity index (χ3n) is 4.92. The maximum atomic E-state index is 12.4. The minimum absolute atomic E-state index is 0.240. The molecule has 2 aromatic rings. The van der Waals surface area contributed by atoms with Crippen LogP contribution in [0.1, 0.15) is 36.7 Å². The molecule has 0 radical (unpaired) electrons. The molecule has 28 heavy (non-hydrogen) atoms. The van der Waals surface area contributed by atoms with Gasteiger partial charge in [0.05, 0.1) is 6.20 Å². The van der Waals surface area contributed by atoms with Crippen LogP contribution in [0.25, 0.3) is 11.0 Å². The summed E-state index contributed by atoms with van der Waals surface area (Å²) in [5.74, 6) is 0.710. The molecule has 3 heterocycles. The normalized spacial score (nSPS) is 16.8. The van der Waals surface area contributed by atoms with E-state index in [2.05, 4.69) is 28.3 Å². The summed E-state index contributed by atoms with van der Waals surface area (Å²) in [6, 6.07) is 3.53. The van der Waals surface area contributed by atoms with E-state index in [4.69, 9.17) is 4.42 Å². The quantitative estimate of drug-likeness (QED) is 0.687. The molecule has 0 bridgehead atoms. The second-order valence-corrected chi connectivity index (χ2v) is 8.61. The molecule has 0 aromatic carbocycles. The van der Waals surface area contributed by atoms with Gasteiger partial charge in [0.15, 0.2) is 11.3 Å². The molecule has 3 rings (SSSR count). The van der Waals surface area contributed by atoms with Crippen molar-refractivity contribution in [2.45, 2.75) is 26.2 Å². The van der Waals surface area contributed by atoms with Crippen molar-refractivity contribution in [2.75, 3.05) is 32.4 Å². The Morgan fingerprint density at radius 3 is 3.04 bits per heavy atom. The van der Waals surface area contributed by atoms with Crippen LogP contribution in [0.2, 0.25) is 0 Å². The van der Waals surface area contributed by atoms with Crippen molar-refractivity contribution in [3.05, 3.63) is 52.9 Å². The second-order valence-electron chi connectivity index (χ2n) is 6.99. The van der Waals surface area contributed by atoms with Crippen molar-refractivity contribution >= 4 is 27.7 Å². The number of likely N-dealkylation sites (N-methyl/N-ethyl adjacent to an activating group) is 1. The zero-order valence-electron chi connectivity index (χ0n) is 16.4. The lowest BCUT2D eigenvalue weighted by molar-refractivity contribution is 0.0931. The number of carbonyl (C=O) groups excluding carboxylic acids is 1. The highest BCUT2D eigenvalue weighted by molar-refractivity contribution is 7.88. The topological polar surface area (TPSA) is 75.4 Å². The van der Waals surface area contributed by atoms with E-state index in [0.29, 0.717) is 17.9 Å². The number of furan rings is 1. The van der Waals surface area contributed by atoms with E-state index >= 15 is 0 Å². The number of hydrogen-bond acceptors (Lipinski definition) is 5. The van der Waals surface area contributed by atoms with Crippen molar-refractivity contribution < 1.29 is 13.4 Å². The fourth-order valence-corrected chi connectivity index (χ4v) is 4.38. The molecule has 1 N–H and O–H groups in total. The van der Waals surface area contributed by atoms with E-state index in [0.717, 1.165) is 48.2 Å². The first-order valence-corrected chi connectivity index (χ1v) is 10.9. The lowest BCUT2D eigenvalue weighted by Crippen LogP contribution is -2.26. The fourth-order valence-electron chi connectivity index (χ4n) is 3.13. The largest absolute Gasteiger partial charge is 0.449 e. The predicted molar refractivity (Wildman–Crippen MR) is 113 cm³/mol. The maximum absolute atomic E-state index is 12.4. The van der Waals surface area contributed by atoms with Gasteiger partial charge < -0.3 is 14.6 Å². The molecule has 1 aliphatic heterocycles. The first-order valence-electron chi connectivity index (χ1n) is 9.58. The van der Waals surface area contributed by atoms with Gasteiger partial charge in [-0.25, -0.2) is 0 Å². The summed E-state index contributed by atoms with van der Waals surface area (Å²) in [5.41, 5.74) is 1.73. The monoisotopic (exact) mass is 401 g/mol. The number of nitrogens with one attached hydrogen (secondary N) is 1. The Hall–Kier alpha value is -2.25. The van der Waals surface area contributed by atoms with Gasteiger partial charge in [-0.3, -0.25) is 14.0 Å². The van der Waals surface area contributed by atoms with Gasteiger partial charge in [-0.2, -0.15) is 0 Å². The standard InChI is InChI=1S/C21H27N3O3S/c1-3-16(5-4-12-28(26)18-7-10-24(2)11-8-18)14-23-21(25)19-13-17-6-9-22-15-20(17)27-19/h3,6-7,9,13,15H,4-5,8,10-12,14H2,1-2H3,(H,23,25). The summed E-state index contributed by atoms with van der Waals surface area (Å²) < 4.78 is 18.0. The first-order chi connectivity index (χ1) is 13.6. The average molecular weight is 402 g/mol. The Labute approximate surface area is 168 Å². The highest BCUT2D eigenvalue weighted by atomic mass is 32.2. The molecule has 0 saturated carbocycles. The van der Waals surface area contributed by atoms with Gasteiger partial charge in [-0.15, -0.1) is 0 Å². The predicted octanol–water partition coefficient (Wildman–Crippen LogP) is 3.25. The summed E-state index contributed by atoms with van der Waals surface area (Å²) in [5, 5.41) is 3.76. The van der Waals surface area contributed by atoms with Gasteiger partial charge in [-0.1, -0.05) is 17.7 Å². The minimum atomic E-state index is -0.892. The zero-order valence-corrected chi connectivity index (χ0v) is 17.3. The summed E-state index contributed by atoms with van der Waals surface area (Å²) >= 11 is 0. The molecule has 6 nitrogen and oxygen atoms in total. The van der Waals surface area contributed by atoms with Crippen molar-refractivity contribution in [2.24, 2.45) is 0 Å². The highest BCUT2D eigenvalue weighted by Gasteiger charge is 2.14. The number of amides is 1. The minimum Gasteiger partial charge on any atom is -0.449 e. The molecule has 1 atom stereocenters. The Kier molecular flexibility index (Phi) is 7.17. The summed E-state index contributed by atoms with van der Waals surface area (Å²) in [4.78, 5) is 19.6. The molecule has 1 amide bonds. The molecule has 1 aliphatic rings. The molecule has 7 heteroatoms. The van der Waals surface area contributed by atoms with Crippen molar-refractivity contribution in [1.82, 2.24) is 15.2 Å². The van der Waals surface area contributed by atoms with Crippen LogP contribution in [-0.2, 0) is 10.8 Å². The van der Waals surface area contributed by atoms with Gasteiger partial charge >= 0.3 is 0 Å². The fraction of sp³-hybridized carbons (Fsp3) is 0.429. The maximum Gasteiger partial charge on any atom is 0.287 e. The summed E-state index contributed by atoms with van der Waals surface area (Å²) in [6.07, 6.45) is 9.93. The second kappa shape index (κ2) is 9.80. The van der Waals surface area contributed by atoms with Crippen molar-refractivity contribution in [3.8, 4) is 0 Å². The van der Waals surface area contributed by atoms with Gasteiger partial charge in [0.25, 0.3) is 5.91 Å². The molecule has 0 saturated heterocycles. The van der Waals surface area contributed by atoms with Crippen LogP contribution < -0.4 is 5.32 Å². The van der Waals surface area contributed by atoms with Gasteiger partial charge in [0.2, 0.25) is 0 Å². The number of nitrogens with zero attached hydrogens (tertiary/aromatic N) is 2. The molecular weight excluding hydrogens is 374 g/mol. The Bertz CT molecular complexity index is 884. The zero-order chi connectivity index (χ0) is 19.9. The average Bonchev–Trinajstić information content (AvgIpc) is 3.15. The Morgan fingerprint density at radius 1 is 1.46 bits per heavy atom. The van der Waals surface area contributed by atoms with Gasteiger partial charge in [-0.05, 0) is 45.4 Å². The van der Waals surface area contributed by atoms with E-state index in [1.54, 1.807) is 18.5 Å². The number of fused-ring (bicyclic) bond motifs is 1. The van der Waals surface area contributed by atoms with Gasteiger partial charge in [0.1, 0.15) is 0 Å². The van der Waals surface area contributed by atoms with Crippen molar-refractivity contribution in [1.29, 1.82) is 0 Å². The molecule has 0 aliphatic carbocycles. The summed E-state index contributed by atoms with van der Waals surface area (Å²) in [6.45, 7) is 4.28. The smallest absolute Gasteiger partial charge is 0.287 e. The third kappa shape index (κ3) is 5.39. The number of aromatic nitrogens is 1. The Balaban J connectivity index is 1.44. The SMILES string of the molecule is CC=C(CCCS(=O)C1=CCN(C)CC1)CNC(=O)c1cc2ccncc2o1. The van der Waals surface area contributed by atoms with Crippen LogP contribution in [0, 0.1) is 0 Å². The number of rotatable bonds is 8. The van der Waals surface area contributed by atoms with E-state index < -0.39 is 10.8 Å². The lowest BCUT2D eigenvalue weighted by Gasteiger charge is -2.21. The Morgan fingerprint density at radius 2 is 2.32 bits per heavy atom. The van der Waals surface area contributed by atoms with Crippen molar-refractivity contribution in [3.63, 3.8) is 0 Å². The molecule has 0 fully saturated rings. The molecule has 150 valence electrons. The van der Waals surface area contributed by atoms with E-state index in [1.165, 1.54) is 0 Å². The number of carbonyl (C=O) groups is 1. The van der Waals surface area contributed by atoms with Crippen LogP contribution >= 0.6 is 0 Å². The van der Waals surface area contributed by atoms with E-state index in [1.807, 2.05) is 19.1 Å². The molecule has 2 aromatic heterocycles. The lowest BCUT2D eigenvalue weighted by atomic mass is 10.1. The molecular formula is C21H27N3O3S. The molecule has 1 unspecified atom stereocenters. The van der Waals surface area contributed by atoms with Crippen LogP contribution in [0.5, 0.6) is 0 Å². The van der Waals surface area contributed by atoms with Crippen LogP contribution in [0.15, 0.2) is 51.6 Å². The first kappa shape index (κ1) is 20.5. The number of allylic oxidation sites excluding steroid dienone is 1. The number of pyridine rings is 1. The highest BCUT2D eigenvalue weighted by Crippen LogP contribution is 2.18. The molecule has 0 spiro atoms. The van der Waals surface area contributed by atoms with Crippen LogP contribution in [0.3, 0.4) is 0 Å². The van der Waals surface area contributed by atoms with Crippen LogP contribution in [0.4, 0.5) is 0 Å². The van der Waals surface area contributed by atoms with E-state index in [9.17, 15) is 9.00 Å². The van der Waals surface area contributed by atoms with Crippen LogP contribution in [-0.4, -0.2) is 52.4 Å². The summed E-state index contributed by atoms with van der Waals surface area (Å²) in [7, 11) is 1.18. The third-order valence-corrected chi connectivity index (χ3v) is 6.54. The number of hydrogen-bond donors (Lipinski definition) is 1. The van der Waals surface area contributed by atoms with E-state index in [-0.39, 0.29) is 11.7 Å². The van der Waals surface area contributed by atoms with Gasteiger partial charge in [0, 0.05) is 52.7 Å².